The summed E-state index contributed by atoms with van der Waals surface area (Å²) in [5.74, 6) is -1.65. The van der Waals surface area contributed by atoms with Crippen LogP contribution in [-0.4, -0.2) is 87.1 Å². The third kappa shape index (κ3) is 13.5. The van der Waals surface area contributed by atoms with Crippen molar-refractivity contribution in [3.05, 3.63) is 120 Å². The van der Waals surface area contributed by atoms with E-state index in [9.17, 15) is 23.4 Å². The highest BCUT2D eigenvalue weighted by molar-refractivity contribution is 8.01. The third-order valence-electron chi connectivity index (χ3n) is 10.3. The van der Waals surface area contributed by atoms with Crippen molar-refractivity contribution in [2.45, 2.75) is 52.9 Å². The number of carboxylic acid groups (broad SMARTS) is 1. The number of hydrogen-bond acceptors (Lipinski definition) is 8. The van der Waals surface area contributed by atoms with E-state index in [2.05, 4.69) is 30.3 Å². The Balaban J connectivity index is 0.000000197. The second-order valence-electron chi connectivity index (χ2n) is 15.0. The Labute approximate surface area is 337 Å². The Hall–Kier alpha value is -5.20. The Morgan fingerprint density at radius 3 is 1.63 bits per heavy atom. The highest BCUT2D eigenvalue weighted by atomic mass is 32.2. The molecule has 4 aromatic carbocycles. The summed E-state index contributed by atoms with van der Waals surface area (Å²) in [6.07, 6.45) is 3.80. The van der Waals surface area contributed by atoms with Crippen LogP contribution >= 0.6 is 0 Å². The zero-order chi connectivity index (χ0) is 41.5. The molecule has 2 aliphatic heterocycles. The minimum absolute atomic E-state index is 0.0109. The maximum absolute atomic E-state index is 12.4. The highest BCUT2D eigenvalue weighted by Crippen LogP contribution is 2.28. The number of nitrogens with zero attached hydrogens (tertiary/aromatic N) is 2. The molecule has 5 atom stereocenters. The molecule has 57 heavy (non-hydrogen) atoms. The molecule has 12 heteroatoms. The van der Waals surface area contributed by atoms with E-state index in [1.165, 1.54) is 26.6 Å². The lowest BCUT2D eigenvalue weighted by Crippen LogP contribution is -2.31. The molecule has 0 radical (unpaired) electrons. The second-order valence-corrected chi connectivity index (χ2v) is 17.8. The van der Waals surface area contributed by atoms with Gasteiger partial charge < -0.3 is 30.1 Å². The van der Waals surface area contributed by atoms with E-state index in [1.807, 2.05) is 93.6 Å². The molecule has 2 amide bonds. The first-order valence-corrected chi connectivity index (χ1v) is 21.8. The molecule has 0 unspecified atom stereocenters. The summed E-state index contributed by atoms with van der Waals surface area (Å²) >= 11 is 0. The number of aliphatic carboxylic acids is 1. The number of nitrogens with two attached hydrogens (primary N) is 1. The van der Waals surface area contributed by atoms with Crippen LogP contribution in [0.5, 0.6) is 0 Å². The molecule has 6 rings (SSSR count). The number of carboxylic acids is 1. The van der Waals surface area contributed by atoms with Crippen molar-refractivity contribution in [2.24, 2.45) is 29.4 Å². The first-order chi connectivity index (χ1) is 27.2. The standard InChI is InChI=1S/C18H25NO4S.C15H19NO4.C12H13N/c1-4-15-10-19(11-16(15)17(20)13-24(2,3)22)18(21)23-12-14-8-6-5-7-9-14;1-2-12-8-16(9-13(12)14(17)18)15(19)20-10-11-6-4-3-5-7-11;1-9(13)11-8-4-6-10-5-2-3-7-12(10)11/h5-9,13,15-16H,4,10-12H2,1-3H3;3-7,12-13H,2,8-10H2,1H3,(H,17,18);2-9H,13H2,1H3/t15-,16+;12-,13+;9-/m111/s1. The molecule has 2 aliphatic rings. The molecule has 2 heterocycles. The third-order valence-corrected chi connectivity index (χ3v) is 11.1. The van der Waals surface area contributed by atoms with Gasteiger partial charge in [-0.25, -0.2) is 9.59 Å². The molecular weight excluding hydrogens is 743 g/mol. The number of ether oxygens (including phenoxy) is 2. The summed E-state index contributed by atoms with van der Waals surface area (Å²) in [5, 5.41) is 13.0. The number of hydrogen-bond donors (Lipinski definition) is 2. The van der Waals surface area contributed by atoms with E-state index < -0.39 is 33.6 Å². The van der Waals surface area contributed by atoms with Crippen molar-refractivity contribution >= 4 is 49.6 Å². The summed E-state index contributed by atoms with van der Waals surface area (Å²) in [7, 11) is -2.24. The largest absolute Gasteiger partial charge is 0.481 e. The van der Waals surface area contributed by atoms with Crippen molar-refractivity contribution in [3.8, 4) is 0 Å². The lowest BCUT2D eigenvalue weighted by atomic mass is 9.91. The predicted molar refractivity (Wildman–Crippen MR) is 226 cm³/mol. The maximum Gasteiger partial charge on any atom is 0.410 e. The number of likely N-dealkylation sites (tertiary alicyclic amines) is 2. The zero-order valence-electron chi connectivity index (χ0n) is 33.6. The van der Waals surface area contributed by atoms with Crippen LogP contribution in [0.2, 0.25) is 0 Å². The van der Waals surface area contributed by atoms with Gasteiger partial charge in [-0.2, -0.15) is 0 Å². The van der Waals surface area contributed by atoms with E-state index in [0.29, 0.717) is 19.6 Å². The molecular formula is C45H57N3O8S. The number of Topliss-reactive ketones (excluding diaryl/α,β-unsaturated/α-hetero) is 1. The fraction of sp³-hybridized carbons (Fsp3) is 0.400. The van der Waals surface area contributed by atoms with Gasteiger partial charge in [0.05, 0.1) is 5.92 Å². The molecule has 11 nitrogen and oxygen atoms in total. The highest BCUT2D eigenvalue weighted by Gasteiger charge is 2.40. The molecule has 2 saturated heterocycles. The van der Waals surface area contributed by atoms with E-state index >= 15 is 0 Å². The van der Waals surface area contributed by atoms with E-state index in [0.717, 1.165) is 24.0 Å². The molecule has 0 bridgehead atoms. The van der Waals surface area contributed by atoms with Crippen LogP contribution in [0, 0.1) is 23.7 Å². The minimum atomic E-state index is -2.24. The SMILES string of the molecule is CC[C@@H]1CN(C(=O)OCc2ccccc2)C[C@@H]1C(=O)C=S(C)(C)=O.CC[C@@H]1CN(C(=O)OCc2ccccc2)C[C@@H]1C(=O)O.C[C@@H](N)c1cccc2ccccc12. The average Bonchev–Trinajstić information content (AvgIpc) is 3.85. The molecule has 3 N–H and O–H groups in total. The van der Waals surface area contributed by atoms with Crippen LogP contribution in [0.1, 0.15) is 56.3 Å². The normalized spacial score (nSPS) is 19.3. The Morgan fingerprint density at radius 1 is 0.719 bits per heavy atom. The van der Waals surface area contributed by atoms with Crippen LogP contribution in [0.3, 0.4) is 0 Å². The second kappa shape index (κ2) is 21.4. The van der Waals surface area contributed by atoms with Crippen LogP contribution < -0.4 is 5.73 Å². The maximum atomic E-state index is 12.4. The van der Waals surface area contributed by atoms with Gasteiger partial charge in [0.15, 0.2) is 5.78 Å². The number of carbonyl (C=O) groups is 4. The Bertz CT molecular complexity index is 2050. The van der Waals surface area contributed by atoms with Crippen LogP contribution in [0.25, 0.3) is 10.8 Å². The minimum Gasteiger partial charge on any atom is -0.481 e. The smallest absolute Gasteiger partial charge is 0.410 e. The Morgan fingerprint density at radius 2 is 1.18 bits per heavy atom. The van der Waals surface area contributed by atoms with Crippen LogP contribution in [0.15, 0.2) is 103 Å². The van der Waals surface area contributed by atoms with Crippen molar-refractivity contribution in [3.63, 3.8) is 0 Å². The van der Waals surface area contributed by atoms with Crippen molar-refractivity contribution < 1.29 is 38.0 Å². The van der Waals surface area contributed by atoms with Gasteiger partial charge >= 0.3 is 18.2 Å². The number of rotatable bonds is 10. The molecule has 0 aliphatic carbocycles. The summed E-state index contributed by atoms with van der Waals surface area (Å²) in [6, 6.07) is 33.6. The number of ketones is 1. The number of fused-ring (bicyclic) bond motifs is 1. The predicted octanol–water partition coefficient (Wildman–Crippen LogP) is 7.42. The van der Waals surface area contributed by atoms with Crippen molar-refractivity contribution in [2.75, 3.05) is 38.7 Å². The van der Waals surface area contributed by atoms with Gasteiger partial charge in [-0.15, -0.1) is 0 Å². The van der Waals surface area contributed by atoms with Crippen LogP contribution in [0.4, 0.5) is 9.59 Å². The van der Waals surface area contributed by atoms with Crippen molar-refractivity contribution in [1.29, 1.82) is 0 Å². The van der Waals surface area contributed by atoms with Gasteiger partial charge in [-0.1, -0.05) is 130 Å². The van der Waals surface area contributed by atoms with Crippen molar-refractivity contribution in [1.82, 2.24) is 9.80 Å². The summed E-state index contributed by atoms with van der Waals surface area (Å²) in [6.45, 7) is 7.92. The molecule has 0 aromatic heterocycles. The topological polar surface area (TPSA) is 157 Å². The van der Waals surface area contributed by atoms with E-state index in [-0.39, 0.29) is 49.3 Å². The first kappa shape index (κ1) is 44.5. The van der Waals surface area contributed by atoms with Gasteiger partial charge in [-0.05, 0) is 55.7 Å². The molecule has 0 saturated carbocycles. The van der Waals surface area contributed by atoms with Gasteiger partial charge in [-0.3, -0.25) is 13.8 Å². The van der Waals surface area contributed by atoms with E-state index in [1.54, 1.807) is 17.4 Å². The number of amides is 2. The molecule has 2 fully saturated rings. The first-order valence-electron chi connectivity index (χ1n) is 19.4. The van der Waals surface area contributed by atoms with Gasteiger partial charge in [0.25, 0.3) is 0 Å². The van der Waals surface area contributed by atoms with Gasteiger partial charge in [0, 0.05) is 56.0 Å². The fourth-order valence-corrected chi connectivity index (χ4v) is 7.84. The summed E-state index contributed by atoms with van der Waals surface area (Å²) < 4.78 is 22.4. The number of benzene rings is 4. The zero-order valence-corrected chi connectivity index (χ0v) is 34.4. The van der Waals surface area contributed by atoms with Gasteiger partial charge in [0.2, 0.25) is 0 Å². The molecule has 4 aromatic rings. The lowest BCUT2D eigenvalue weighted by molar-refractivity contribution is -0.142. The van der Waals surface area contributed by atoms with Crippen LogP contribution in [-0.2, 0) is 41.8 Å². The summed E-state index contributed by atoms with van der Waals surface area (Å²) in [5.41, 5.74) is 8.94. The Kier molecular flexibility index (Phi) is 16.7. The average molecular weight is 800 g/mol. The van der Waals surface area contributed by atoms with E-state index in [4.69, 9.17) is 20.3 Å². The fourth-order valence-electron chi connectivity index (χ4n) is 7.11. The number of carbonyl (C=O) groups excluding carboxylic acids is 3. The summed E-state index contributed by atoms with van der Waals surface area (Å²) in [4.78, 5) is 50.8. The molecule has 0 spiro atoms. The van der Waals surface area contributed by atoms with Gasteiger partial charge in [0.1, 0.15) is 13.2 Å². The molecule has 306 valence electrons. The monoisotopic (exact) mass is 799 g/mol. The quantitative estimate of drug-likeness (QED) is 0.156. The lowest BCUT2D eigenvalue weighted by Gasteiger charge is -2.16.